The third-order valence-corrected chi connectivity index (χ3v) is 5.46. The van der Waals surface area contributed by atoms with Gasteiger partial charge in [-0.1, -0.05) is 30.3 Å². The number of hydrogen-bond acceptors (Lipinski definition) is 8. The Morgan fingerprint density at radius 2 is 1.48 bits per heavy atom. The molecule has 10 nitrogen and oxygen atoms in total. The van der Waals surface area contributed by atoms with E-state index in [9.17, 15) is 28.6 Å². The van der Waals surface area contributed by atoms with Crippen LogP contribution < -0.4 is 9.08 Å². The van der Waals surface area contributed by atoms with Crippen molar-refractivity contribution in [3.63, 3.8) is 0 Å². The summed E-state index contributed by atoms with van der Waals surface area (Å²) in [5.41, 5.74) is -1.13. The molecular weight excluding hydrogens is 402 g/mol. The van der Waals surface area contributed by atoms with Crippen LogP contribution in [-0.2, 0) is 10.1 Å². The quantitative estimate of drug-likeness (QED) is 0.338. The van der Waals surface area contributed by atoms with Crippen molar-refractivity contribution in [1.29, 1.82) is 0 Å². The first kappa shape index (κ1) is 20.0. The van der Waals surface area contributed by atoms with Crippen LogP contribution in [0.2, 0.25) is 0 Å². The van der Waals surface area contributed by atoms with E-state index >= 15 is 0 Å². The number of nitrogens with zero attached hydrogens (tertiary/aromatic N) is 3. The van der Waals surface area contributed by atoms with E-state index in [1.807, 2.05) is 11.0 Å². The third kappa shape index (κ3) is 3.67. The van der Waals surface area contributed by atoms with E-state index < -0.39 is 37.1 Å². The Hall–Kier alpha value is -3.73. The van der Waals surface area contributed by atoms with E-state index in [-0.39, 0.29) is 4.90 Å². The maximum Gasteiger partial charge on any atom is 0.389 e. The van der Waals surface area contributed by atoms with E-state index in [4.69, 9.17) is 4.18 Å². The van der Waals surface area contributed by atoms with E-state index in [2.05, 4.69) is 0 Å². The van der Waals surface area contributed by atoms with Crippen LogP contribution in [0.25, 0.3) is 10.8 Å². The zero-order chi connectivity index (χ0) is 21.3. The standard InChI is InChI=1S/C18H15N3O7S/c1-19(2)14-8-3-7-13-12(14)6-4-11-17(13)29(26,27)28-16-10-5-9-15(20(22)23)18(16)21(24)25/h3-11H,1-2H3. The van der Waals surface area contributed by atoms with Gasteiger partial charge in [-0.3, -0.25) is 20.2 Å². The normalized spacial score (nSPS) is 11.2. The molecule has 0 saturated carbocycles. The van der Waals surface area contributed by atoms with Crippen molar-refractivity contribution >= 4 is 38.0 Å². The SMILES string of the molecule is CN(C)c1cccc2c(S(=O)(=O)Oc3cccc([N+](=O)[O-])c3[N+](=O)[O-])cccc12. The summed E-state index contributed by atoms with van der Waals surface area (Å²) in [6.45, 7) is 0. The van der Waals surface area contributed by atoms with Crippen molar-refractivity contribution in [3.8, 4) is 5.75 Å². The number of fused-ring (bicyclic) bond motifs is 1. The molecule has 3 rings (SSSR count). The molecule has 29 heavy (non-hydrogen) atoms. The van der Waals surface area contributed by atoms with E-state index in [1.165, 1.54) is 12.1 Å². The van der Waals surface area contributed by atoms with Gasteiger partial charge in [0.2, 0.25) is 5.75 Å². The highest BCUT2D eigenvalue weighted by molar-refractivity contribution is 7.87. The van der Waals surface area contributed by atoms with Crippen molar-refractivity contribution < 1.29 is 22.4 Å². The van der Waals surface area contributed by atoms with Crippen molar-refractivity contribution in [2.75, 3.05) is 19.0 Å². The lowest BCUT2D eigenvalue weighted by molar-refractivity contribution is -0.422. The summed E-state index contributed by atoms with van der Waals surface area (Å²) >= 11 is 0. The van der Waals surface area contributed by atoms with Gasteiger partial charge in [-0.2, -0.15) is 8.42 Å². The number of nitro benzene ring substituents is 2. The average molecular weight is 417 g/mol. The molecule has 11 heteroatoms. The lowest BCUT2D eigenvalue weighted by Crippen LogP contribution is -2.13. The highest BCUT2D eigenvalue weighted by Gasteiger charge is 2.33. The van der Waals surface area contributed by atoms with Crippen molar-refractivity contribution in [2.24, 2.45) is 0 Å². The second kappa shape index (κ2) is 7.36. The van der Waals surface area contributed by atoms with E-state index in [0.717, 1.165) is 23.9 Å². The minimum atomic E-state index is -4.53. The first-order valence-corrected chi connectivity index (χ1v) is 9.59. The molecule has 0 heterocycles. The average Bonchev–Trinajstić information content (AvgIpc) is 2.66. The fraction of sp³-hybridized carbons (Fsp3) is 0.111. The third-order valence-electron chi connectivity index (χ3n) is 4.17. The Morgan fingerprint density at radius 1 is 0.862 bits per heavy atom. The lowest BCUT2D eigenvalue weighted by atomic mass is 10.1. The summed E-state index contributed by atoms with van der Waals surface area (Å²) in [6, 6.07) is 12.6. The zero-order valence-corrected chi connectivity index (χ0v) is 16.1. The van der Waals surface area contributed by atoms with Gasteiger partial charge < -0.3 is 9.08 Å². The summed E-state index contributed by atoms with van der Waals surface area (Å²) in [6.07, 6.45) is 0. The van der Waals surface area contributed by atoms with Crippen LogP contribution in [0.5, 0.6) is 5.75 Å². The molecule has 150 valence electrons. The molecule has 0 bridgehead atoms. The molecule has 0 radical (unpaired) electrons. The largest absolute Gasteiger partial charge is 0.389 e. The van der Waals surface area contributed by atoms with Gasteiger partial charge in [-0.15, -0.1) is 0 Å². The molecular formula is C18H15N3O7S. The molecule has 0 aliphatic rings. The zero-order valence-electron chi connectivity index (χ0n) is 15.3. The summed E-state index contributed by atoms with van der Waals surface area (Å²) in [4.78, 5) is 22.0. The van der Waals surface area contributed by atoms with E-state index in [1.54, 1.807) is 32.3 Å². The van der Waals surface area contributed by atoms with Crippen LogP contribution in [0.1, 0.15) is 0 Å². The molecule has 0 saturated heterocycles. The molecule has 0 aliphatic heterocycles. The summed E-state index contributed by atoms with van der Waals surface area (Å²) in [5, 5.41) is 23.4. The van der Waals surface area contributed by atoms with Gasteiger partial charge in [-0.05, 0) is 18.2 Å². The highest BCUT2D eigenvalue weighted by Crippen LogP contribution is 2.38. The number of nitro groups is 2. The number of hydrogen-bond donors (Lipinski definition) is 0. The van der Waals surface area contributed by atoms with Crippen LogP contribution in [0.4, 0.5) is 17.1 Å². The number of para-hydroxylation sites is 1. The fourth-order valence-electron chi connectivity index (χ4n) is 2.94. The number of anilines is 1. The maximum absolute atomic E-state index is 12.9. The van der Waals surface area contributed by atoms with Crippen LogP contribution >= 0.6 is 0 Å². The van der Waals surface area contributed by atoms with Gasteiger partial charge in [0.05, 0.1) is 9.85 Å². The second-order valence-corrected chi connectivity index (χ2v) is 7.71. The summed E-state index contributed by atoms with van der Waals surface area (Å²) in [7, 11) is -0.917. The first-order valence-electron chi connectivity index (χ1n) is 8.19. The minimum absolute atomic E-state index is 0.209. The van der Waals surface area contributed by atoms with Gasteiger partial charge in [-0.25, -0.2) is 0 Å². The van der Waals surface area contributed by atoms with Crippen molar-refractivity contribution in [1.82, 2.24) is 0 Å². The molecule has 0 aliphatic carbocycles. The predicted molar refractivity (Wildman–Crippen MR) is 106 cm³/mol. The molecule has 3 aromatic carbocycles. The monoisotopic (exact) mass is 417 g/mol. The van der Waals surface area contributed by atoms with Gasteiger partial charge in [0.25, 0.3) is 0 Å². The molecule has 0 amide bonds. The first-order chi connectivity index (χ1) is 13.6. The lowest BCUT2D eigenvalue weighted by Gasteiger charge is -2.17. The molecule has 0 atom stereocenters. The molecule has 0 N–H and O–H groups in total. The topological polar surface area (TPSA) is 133 Å². The Labute approximate surface area is 165 Å². The predicted octanol–water partition coefficient (Wildman–Crippen LogP) is 3.49. The van der Waals surface area contributed by atoms with E-state index in [0.29, 0.717) is 10.8 Å². The molecule has 3 aromatic rings. The number of rotatable bonds is 6. The summed E-state index contributed by atoms with van der Waals surface area (Å²) < 4.78 is 30.8. The number of benzene rings is 3. The Bertz CT molecular complexity index is 1240. The van der Waals surface area contributed by atoms with Crippen LogP contribution in [0.3, 0.4) is 0 Å². The molecule has 0 fully saturated rings. The Morgan fingerprint density at radius 3 is 2.10 bits per heavy atom. The fourth-order valence-corrected chi connectivity index (χ4v) is 4.10. The molecule has 0 unspecified atom stereocenters. The van der Waals surface area contributed by atoms with Gasteiger partial charge in [0, 0.05) is 36.6 Å². The van der Waals surface area contributed by atoms with Gasteiger partial charge in [0.15, 0.2) is 0 Å². The van der Waals surface area contributed by atoms with Crippen molar-refractivity contribution in [2.45, 2.75) is 4.90 Å². The Kier molecular flexibility index (Phi) is 5.08. The highest BCUT2D eigenvalue weighted by atomic mass is 32.2. The van der Waals surface area contributed by atoms with Gasteiger partial charge in [0.1, 0.15) is 4.90 Å². The van der Waals surface area contributed by atoms with Crippen LogP contribution in [-0.4, -0.2) is 32.4 Å². The van der Waals surface area contributed by atoms with Gasteiger partial charge >= 0.3 is 21.5 Å². The second-order valence-electron chi connectivity index (χ2n) is 6.20. The summed E-state index contributed by atoms with van der Waals surface area (Å²) in [5.74, 6) is -0.732. The Balaban J connectivity index is 2.18. The molecule has 0 spiro atoms. The maximum atomic E-state index is 12.9. The minimum Gasteiger partial charge on any atom is -0.377 e. The van der Waals surface area contributed by atoms with Crippen LogP contribution in [0, 0.1) is 20.2 Å². The smallest absolute Gasteiger partial charge is 0.377 e. The van der Waals surface area contributed by atoms with Crippen LogP contribution in [0.15, 0.2) is 59.5 Å². The van der Waals surface area contributed by atoms with Crippen molar-refractivity contribution in [3.05, 3.63) is 74.8 Å². The molecule has 0 aromatic heterocycles.